The van der Waals surface area contributed by atoms with Crippen molar-refractivity contribution in [3.63, 3.8) is 0 Å². The van der Waals surface area contributed by atoms with Gasteiger partial charge in [0, 0.05) is 0 Å². The summed E-state index contributed by atoms with van der Waals surface area (Å²) >= 11 is 0. The Balaban J connectivity index is 1.32. The van der Waals surface area contributed by atoms with Gasteiger partial charge in [0.25, 0.3) is 11.5 Å². The van der Waals surface area contributed by atoms with E-state index in [1.54, 1.807) is 10.7 Å². The second-order valence-corrected chi connectivity index (χ2v) is 7.38. The van der Waals surface area contributed by atoms with Crippen molar-refractivity contribution in [2.24, 2.45) is 0 Å². The Labute approximate surface area is 182 Å². The molecule has 0 radical (unpaired) electrons. The van der Waals surface area contributed by atoms with Crippen LogP contribution in [0.3, 0.4) is 0 Å². The van der Waals surface area contributed by atoms with Gasteiger partial charge in [-0.1, -0.05) is 48.0 Å². The summed E-state index contributed by atoms with van der Waals surface area (Å²) in [6, 6.07) is 21.2. The number of amides is 1. The van der Waals surface area contributed by atoms with Gasteiger partial charge in [0.1, 0.15) is 17.5 Å². The lowest BCUT2D eigenvalue weighted by atomic mass is 10.1. The number of carbonyl (C=O) groups is 1. The Bertz CT molecular complexity index is 1500. The van der Waals surface area contributed by atoms with Gasteiger partial charge in [0.2, 0.25) is 0 Å². The van der Waals surface area contributed by atoms with Crippen molar-refractivity contribution in [1.29, 1.82) is 0 Å². The summed E-state index contributed by atoms with van der Waals surface area (Å²) in [4.78, 5) is 29.5. The van der Waals surface area contributed by atoms with Crippen LogP contribution in [0.4, 0.5) is 0 Å². The van der Waals surface area contributed by atoms with Crippen LogP contribution < -0.4 is 15.7 Å². The first-order chi connectivity index (χ1) is 15.6. The summed E-state index contributed by atoms with van der Waals surface area (Å²) in [6.45, 7) is 1.75. The van der Waals surface area contributed by atoms with E-state index in [0.717, 1.165) is 26.7 Å². The average Bonchev–Trinajstić information content (AvgIpc) is 3.25. The molecule has 32 heavy (non-hydrogen) atoms. The Kier molecular flexibility index (Phi) is 4.87. The largest absolute Gasteiger partial charge is 0.484 e. The Morgan fingerprint density at radius 2 is 1.81 bits per heavy atom. The van der Waals surface area contributed by atoms with Crippen LogP contribution in [0, 0.1) is 6.92 Å². The fourth-order valence-corrected chi connectivity index (χ4v) is 3.44. The molecule has 0 saturated heterocycles. The maximum Gasteiger partial charge on any atom is 0.283 e. The number of rotatable bonds is 5. The molecule has 8 nitrogen and oxygen atoms in total. The number of fused-ring (bicyclic) bond motifs is 2. The molecule has 0 aliphatic rings. The molecule has 0 aliphatic heterocycles. The fraction of sp³-hybridized carbons (Fsp3) is 0.0833. The number of aryl methyl sites for hydroxylation is 1. The molecule has 0 unspecified atom stereocenters. The van der Waals surface area contributed by atoms with Gasteiger partial charge in [-0.3, -0.25) is 15.0 Å². The zero-order valence-corrected chi connectivity index (χ0v) is 17.2. The van der Waals surface area contributed by atoms with E-state index in [9.17, 15) is 9.59 Å². The molecule has 0 bridgehead atoms. The van der Waals surface area contributed by atoms with E-state index in [0.29, 0.717) is 16.8 Å². The zero-order chi connectivity index (χ0) is 22.1. The molecule has 1 amide bonds. The van der Waals surface area contributed by atoms with Crippen LogP contribution in [-0.2, 0) is 4.79 Å². The molecule has 5 rings (SSSR count). The highest BCUT2D eigenvalue weighted by Crippen LogP contribution is 2.20. The smallest absolute Gasteiger partial charge is 0.283 e. The van der Waals surface area contributed by atoms with Gasteiger partial charge in [-0.15, -0.1) is 0 Å². The van der Waals surface area contributed by atoms with E-state index in [1.807, 2.05) is 67.6 Å². The second-order valence-electron chi connectivity index (χ2n) is 7.38. The number of carbonyl (C=O) groups excluding carboxylic acids is 1. The maximum atomic E-state index is 12.8. The van der Waals surface area contributed by atoms with E-state index in [4.69, 9.17) is 4.74 Å². The third-order valence-corrected chi connectivity index (χ3v) is 5.10. The first-order valence-electron chi connectivity index (χ1n) is 10.0. The first-order valence-corrected chi connectivity index (χ1v) is 10.0. The summed E-state index contributed by atoms with van der Waals surface area (Å²) in [5.41, 5.74) is 4.41. The van der Waals surface area contributed by atoms with Crippen molar-refractivity contribution in [2.45, 2.75) is 6.92 Å². The Morgan fingerprint density at radius 3 is 2.62 bits per heavy atom. The summed E-state index contributed by atoms with van der Waals surface area (Å²) in [7, 11) is 0. The third-order valence-electron chi connectivity index (χ3n) is 5.10. The van der Waals surface area contributed by atoms with E-state index >= 15 is 0 Å². The Morgan fingerprint density at radius 1 is 1.03 bits per heavy atom. The number of ether oxygens (including phenoxy) is 1. The van der Waals surface area contributed by atoms with Crippen molar-refractivity contribution in [1.82, 2.24) is 19.4 Å². The normalized spacial score (nSPS) is 11.0. The van der Waals surface area contributed by atoms with Gasteiger partial charge in [0.05, 0.1) is 11.9 Å². The van der Waals surface area contributed by atoms with Crippen molar-refractivity contribution >= 4 is 27.7 Å². The lowest BCUT2D eigenvalue weighted by Crippen LogP contribution is -2.35. The topological polar surface area (TPSA) is 91.0 Å². The van der Waals surface area contributed by atoms with E-state index in [1.165, 1.54) is 12.5 Å². The van der Waals surface area contributed by atoms with E-state index in [-0.39, 0.29) is 6.61 Å². The van der Waals surface area contributed by atoms with Crippen LogP contribution in [0.1, 0.15) is 5.56 Å². The lowest BCUT2D eigenvalue weighted by molar-refractivity contribution is -0.119. The van der Waals surface area contributed by atoms with Crippen molar-refractivity contribution in [2.75, 3.05) is 12.0 Å². The molecule has 3 aromatic carbocycles. The van der Waals surface area contributed by atoms with Gasteiger partial charge >= 0.3 is 0 Å². The van der Waals surface area contributed by atoms with Crippen LogP contribution in [0.25, 0.3) is 27.5 Å². The molecule has 5 aromatic rings. The van der Waals surface area contributed by atoms with Gasteiger partial charge in [-0.2, -0.15) is 5.10 Å². The van der Waals surface area contributed by atoms with Crippen LogP contribution >= 0.6 is 0 Å². The molecular formula is C24H19N5O3. The molecule has 0 atom stereocenters. The maximum absolute atomic E-state index is 12.8. The highest BCUT2D eigenvalue weighted by atomic mass is 16.5. The number of hydrogen-bond acceptors (Lipinski definition) is 5. The number of benzene rings is 3. The quantitative estimate of drug-likeness (QED) is 0.467. The van der Waals surface area contributed by atoms with Gasteiger partial charge in [-0.05, 0) is 42.0 Å². The predicted octanol–water partition coefficient (Wildman–Crippen LogP) is 3.19. The summed E-state index contributed by atoms with van der Waals surface area (Å²) in [6.07, 6.45) is 2.71. The average molecular weight is 425 g/mol. The molecule has 158 valence electrons. The third kappa shape index (κ3) is 3.69. The zero-order valence-electron chi connectivity index (χ0n) is 17.2. The highest BCUT2D eigenvalue weighted by Gasteiger charge is 2.13. The molecule has 2 heterocycles. The van der Waals surface area contributed by atoms with E-state index < -0.39 is 11.5 Å². The molecular weight excluding hydrogens is 406 g/mol. The molecule has 2 aromatic heterocycles. The number of nitrogens with zero attached hydrogens (tertiary/aromatic N) is 4. The van der Waals surface area contributed by atoms with Crippen LogP contribution in [0.15, 0.2) is 84.0 Å². The lowest BCUT2D eigenvalue weighted by Gasteiger charge is -2.10. The standard InChI is InChI=1S/C24H19N5O3/c1-16-6-9-19(10-7-16)29-23-21(13-26-29)24(31)28(15-25-23)27-22(30)14-32-20-11-8-17-4-2-3-5-18(17)12-20/h2-13,15H,14H2,1H3,(H,27,30). The number of hydrogen-bond donors (Lipinski definition) is 1. The minimum atomic E-state index is -0.479. The fourth-order valence-electron chi connectivity index (χ4n) is 3.44. The molecule has 0 saturated carbocycles. The highest BCUT2D eigenvalue weighted by molar-refractivity contribution is 5.86. The second kappa shape index (κ2) is 7.99. The molecule has 0 fully saturated rings. The summed E-state index contributed by atoms with van der Waals surface area (Å²) < 4.78 is 8.21. The van der Waals surface area contributed by atoms with Crippen LogP contribution in [0.2, 0.25) is 0 Å². The van der Waals surface area contributed by atoms with Crippen molar-refractivity contribution in [3.8, 4) is 11.4 Å². The first kappa shape index (κ1) is 19.5. The van der Waals surface area contributed by atoms with Gasteiger partial charge in [0.15, 0.2) is 12.3 Å². The van der Waals surface area contributed by atoms with Crippen molar-refractivity contribution in [3.05, 3.63) is 95.2 Å². The monoisotopic (exact) mass is 425 g/mol. The summed E-state index contributed by atoms with van der Waals surface area (Å²) in [5, 5.41) is 6.68. The minimum absolute atomic E-state index is 0.245. The molecule has 0 aliphatic carbocycles. The predicted molar refractivity (Wildman–Crippen MR) is 122 cm³/mol. The van der Waals surface area contributed by atoms with E-state index in [2.05, 4.69) is 15.5 Å². The van der Waals surface area contributed by atoms with Gasteiger partial charge < -0.3 is 4.74 Å². The molecule has 8 heteroatoms. The SMILES string of the molecule is Cc1ccc(-n2ncc3c(=O)n(NC(=O)COc4ccc5ccccc5c4)cnc32)cc1. The van der Waals surface area contributed by atoms with Crippen molar-refractivity contribution < 1.29 is 9.53 Å². The van der Waals surface area contributed by atoms with Gasteiger partial charge in [-0.25, -0.2) is 14.3 Å². The Hall–Kier alpha value is -4.46. The number of aromatic nitrogens is 4. The van der Waals surface area contributed by atoms with Crippen LogP contribution in [-0.4, -0.2) is 32.0 Å². The number of nitrogens with one attached hydrogen (secondary N) is 1. The molecule has 1 N–H and O–H groups in total. The summed E-state index contributed by atoms with van der Waals surface area (Å²) in [5.74, 6) is 0.0893. The van der Waals surface area contributed by atoms with Crippen LogP contribution in [0.5, 0.6) is 5.75 Å². The minimum Gasteiger partial charge on any atom is -0.484 e. The molecule has 0 spiro atoms.